The number of carboxylic acid groups (broad SMARTS) is 1. The van der Waals surface area contributed by atoms with Crippen molar-refractivity contribution in [2.75, 3.05) is 13.7 Å². The van der Waals surface area contributed by atoms with Crippen LogP contribution in [0.15, 0.2) is 48.5 Å². The van der Waals surface area contributed by atoms with Gasteiger partial charge in [-0.05, 0) is 36.2 Å². The second-order valence-corrected chi connectivity index (χ2v) is 5.57. The van der Waals surface area contributed by atoms with Gasteiger partial charge in [0.2, 0.25) is 0 Å². The maximum atomic E-state index is 12.0. The van der Waals surface area contributed by atoms with Crippen LogP contribution in [-0.2, 0) is 16.0 Å². The standard InChI is InChI=1S/C19H21NO5/c1-13-10-15(8-9-17(13)24-2)25-12-18(21)20-16(19(22)23)11-14-6-4-3-5-7-14/h3-10,16H,11-12H2,1-2H3,(H,20,21)(H,22,23)/t16-/m0/s1. The first-order valence-corrected chi connectivity index (χ1v) is 7.83. The van der Waals surface area contributed by atoms with Crippen molar-refractivity contribution in [2.45, 2.75) is 19.4 Å². The zero-order chi connectivity index (χ0) is 18.2. The maximum Gasteiger partial charge on any atom is 0.326 e. The van der Waals surface area contributed by atoms with Crippen LogP contribution in [0.4, 0.5) is 0 Å². The first kappa shape index (κ1) is 18.3. The molecule has 0 aliphatic carbocycles. The molecular formula is C19H21NO5. The van der Waals surface area contributed by atoms with Crippen molar-refractivity contribution in [3.63, 3.8) is 0 Å². The number of hydrogen-bond acceptors (Lipinski definition) is 4. The number of nitrogens with one attached hydrogen (secondary N) is 1. The van der Waals surface area contributed by atoms with Gasteiger partial charge in [-0.15, -0.1) is 0 Å². The molecule has 0 heterocycles. The number of amides is 1. The number of aryl methyl sites for hydroxylation is 1. The van der Waals surface area contributed by atoms with Crippen LogP contribution in [0.3, 0.4) is 0 Å². The van der Waals surface area contributed by atoms with Crippen LogP contribution in [0.25, 0.3) is 0 Å². The number of rotatable bonds is 8. The van der Waals surface area contributed by atoms with E-state index in [1.165, 1.54) is 0 Å². The van der Waals surface area contributed by atoms with E-state index in [4.69, 9.17) is 9.47 Å². The molecule has 0 saturated carbocycles. The topological polar surface area (TPSA) is 84.9 Å². The van der Waals surface area contributed by atoms with E-state index < -0.39 is 17.9 Å². The van der Waals surface area contributed by atoms with E-state index in [9.17, 15) is 14.7 Å². The highest BCUT2D eigenvalue weighted by Crippen LogP contribution is 2.22. The fourth-order valence-electron chi connectivity index (χ4n) is 2.38. The first-order chi connectivity index (χ1) is 12.0. The summed E-state index contributed by atoms with van der Waals surface area (Å²) in [6.07, 6.45) is 0.212. The first-order valence-electron chi connectivity index (χ1n) is 7.83. The van der Waals surface area contributed by atoms with Crippen LogP contribution in [0.2, 0.25) is 0 Å². The Morgan fingerprint density at radius 3 is 2.48 bits per heavy atom. The molecule has 0 bridgehead atoms. The Morgan fingerprint density at radius 1 is 1.16 bits per heavy atom. The number of ether oxygens (including phenoxy) is 2. The number of methoxy groups -OCH3 is 1. The highest BCUT2D eigenvalue weighted by Gasteiger charge is 2.20. The number of aliphatic carboxylic acids is 1. The highest BCUT2D eigenvalue weighted by molar-refractivity contribution is 5.84. The van der Waals surface area contributed by atoms with Crippen LogP contribution < -0.4 is 14.8 Å². The van der Waals surface area contributed by atoms with Crippen LogP contribution in [0.5, 0.6) is 11.5 Å². The molecule has 25 heavy (non-hydrogen) atoms. The quantitative estimate of drug-likeness (QED) is 0.767. The van der Waals surface area contributed by atoms with E-state index in [1.807, 2.05) is 37.3 Å². The molecule has 2 rings (SSSR count). The molecular weight excluding hydrogens is 322 g/mol. The second kappa shape index (κ2) is 8.73. The van der Waals surface area contributed by atoms with Crippen molar-refractivity contribution >= 4 is 11.9 Å². The number of carboxylic acids is 1. The molecule has 0 aliphatic rings. The molecule has 2 aromatic rings. The Labute approximate surface area is 146 Å². The normalized spacial score (nSPS) is 11.4. The van der Waals surface area contributed by atoms with Crippen LogP contribution in [-0.4, -0.2) is 36.7 Å². The van der Waals surface area contributed by atoms with Crippen molar-refractivity contribution in [1.29, 1.82) is 0 Å². The third-order valence-electron chi connectivity index (χ3n) is 3.65. The van der Waals surface area contributed by atoms with Gasteiger partial charge in [-0.25, -0.2) is 4.79 Å². The van der Waals surface area contributed by atoms with Gasteiger partial charge in [0, 0.05) is 6.42 Å². The average Bonchev–Trinajstić information content (AvgIpc) is 2.60. The second-order valence-electron chi connectivity index (χ2n) is 5.57. The molecule has 0 aromatic heterocycles. The van der Waals surface area contributed by atoms with Crippen molar-refractivity contribution < 1.29 is 24.2 Å². The summed E-state index contributed by atoms with van der Waals surface area (Å²) in [6.45, 7) is 1.61. The van der Waals surface area contributed by atoms with E-state index in [2.05, 4.69) is 5.32 Å². The predicted molar refractivity (Wildman–Crippen MR) is 92.9 cm³/mol. The van der Waals surface area contributed by atoms with Gasteiger partial charge in [0.05, 0.1) is 7.11 Å². The monoisotopic (exact) mass is 343 g/mol. The van der Waals surface area contributed by atoms with Crippen molar-refractivity contribution in [3.05, 3.63) is 59.7 Å². The van der Waals surface area contributed by atoms with Gasteiger partial charge in [-0.2, -0.15) is 0 Å². The highest BCUT2D eigenvalue weighted by atomic mass is 16.5. The minimum absolute atomic E-state index is 0.212. The van der Waals surface area contributed by atoms with Gasteiger partial charge < -0.3 is 19.9 Å². The van der Waals surface area contributed by atoms with Crippen LogP contribution >= 0.6 is 0 Å². The predicted octanol–water partition coefficient (Wildman–Crippen LogP) is 2.19. The van der Waals surface area contributed by atoms with Crippen molar-refractivity contribution in [3.8, 4) is 11.5 Å². The maximum absolute atomic E-state index is 12.0. The fourth-order valence-corrected chi connectivity index (χ4v) is 2.38. The van der Waals surface area contributed by atoms with E-state index >= 15 is 0 Å². The Kier molecular flexibility index (Phi) is 6.39. The molecule has 1 atom stereocenters. The summed E-state index contributed by atoms with van der Waals surface area (Å²) in [4.78, 5) is 23.4. The molecule has 0 fully saturated rings. The summed E-state index contributed by atoms with van der Waals surface area (Å²) in [5.41, 5.74) is 1.72. The van der Waals surface area contributed by atoms with Crippen LogP contribution in [0, 0.1) is 6.92 Å². The van der Waals surface area contributed by atoms with Gasteiger partial charge in [0.25, 0.3) is 5.91 Å². The number of benzene rings is 2. The van der Waals surface area contributed by atoms with E-state index in [0.717, 1.165) is 16.9 Å². The summed E-state index contributed by atoms with van der Waals surface area (Å²) >= 11 is 0. The number of hydrogen-bond donors (Lipinski definition) is 2. The van der Waals surface area contributed by atoms with Gasteiger partial charge in [-0.3, -0.25) is 4.79 Å². The third kappa shape index (κ3) is 5.53. The lowest BCUT2D eigenvalue weighted by molar-refractivity contribution is -0.142. The lowest BCUT2D eigenvalue weighted by Gasteiger charge is -2.15. The molecule has 1 amide bonds. The Balaban J connectivity index is 1.90. The molecule has 2 N–H and O–H groups in total. The Morgan fingerprint density at radius 2 is 1.88 bits per heavy atom. The molecule has 0 unspecified atom stereocenters. The van der Waals surface area contributed by atoms with E-state index in [1.54, 1.807) is 25.3 Å². The minimum atomic E-state index is -1.09. The third-order valence-corrected chi connectivity index (χ3v) is 3.65. The fraction of sp³-hybridized carbons (Fsp3) is 0.263. The van der Waals surface area contributed by atoms with Gasteiger partial charge in [-0.1, -0.05) is 30.3 Å². The van der Waals surface area contributed by atoms with Crippen molar-refractivity contribution in [2.24, 2.45) is 0 Å². The zero-order valence-electron chi connectivity index (χ0n) is 14.2. The number of carbonyl (C=O) groups is 2. The molecule has 6 heteroatoms. The summed E-state index contributed by atoms with van der Waals surface area (Å²) in [5.74, 6) is -0.330. The average molecular weight is 343 g/mol. The van der Waals surface area contributed by atoms with Crippen molar-refractivity contribution in [1.82, 2.24) is 5.32 Å². The lowest BCUT2D eigenvalue weighted by Crippen LogP contribution is -2.44. The molecule has 0 saturated heterocycles. The van der Waals surface area contributed by atoms with Gasteiger partial charge in [0.1, 0.15) is 17.5 Å². The molecule has 0 aliphatic heterocycles. The summed E-state index contributed by atoms with van der Waals surface area (Å²) in [6, 6.07) is 13.3. The van der Waals surface area contributed by atoms with Gasteiger partial charge >= 0.3 is 5.97 Å². The largest absolute Gasteiger partial charge is 0.496 e. The van der Waals surface area contributed by atoms with E-state index in [0.29, 0.717) is 5.75 Å². The molecule has 2 aromatic carbocycles. The van der Waals surface area contributed by atoms with Gasteiger partial charge in [0.15, 0.2) is 6.61 Å². The SMILES string of the molecule is COc1ccc(OCC(=O)N[C@@H](Cc2ccccc2)C(=O)O)cc1C. The Bertz CT molecular complexity index is 730. The number of carbonyl (C=O) groups excluding carboxylic acids is 1. The Hall–Kier alpha value is -3.02. The summed E-state index contributed by atoms with van der Waals surface area (Å²) in [5, 5.41) is 11.8. The molecule has 132 valence electrons. The minimum Gasteiger partial charge on any atom is -0.496 e. The smallest absolute Gasteiger partial charge is 0.326 e. The summed E-state index contributed by atoms with van der Waals surface area (Å²) in [7, 11) is 1.58. The summed E-state index contributed by atoms with van der Waals surface area (Å²) < 4.78 is 10.6. The zero-order valence-corrected chi connectivity index (χ0v) is 14.2. The lowest BCUT2D eigenvalue weighted by atomic mass is 10.1. The molecule has 6 nitrogen and oxygen atoms in total. The van der Waals surface area contributed by atoms with E-state index in [-0.39, 0.29) is 13.0 Å². The molecule has 0 spiro atoms. The van der Waals surface area contributed by atoms with Crippen LogP contribution in [0.1, 0.15) is 11.1 Å². The molecule has 0 radical (unpaired) electrons.